The molecule has 19 heavy (non-hydrogen) atoms. The number of nitrogens with zero attached hydrogens (tertiary/aromatic N) is 2. The molecule has 0 saturated carbocycles. The summed E-state index contributed by atoms with van der Waals surface area (Å²) >= 11 is 0. The lowest BCUT2D eigenvalue weighted by molar-refractivity contribution is -0.383. The van der Waals surface area contributed by atoms with Gasteiger partial charge in [0.05, 0.1) is 11.5 Å². The van der Waals surface area contributed by atoms with Crippen molar-refractivity contribution in [3.05, 3.63) is 40.6 Å². The van der Waals surface area contributed by atoms with Gasteiger partial charge in [-0.1, -0.05) is 12.1 Å². The second kappa shape index (κ2) is 6.10. The third-order valence-electron chi connectivity index (χ3n) is 2.71. The Balaban J connectivity index is 2.30. The van der Waals surface area contributed by atoms with E-state index in [0.717, 1.165) is 11.1 Å². The zero-order valence-corrected chi connectivity index (χ0v) is 10.6. The van der Waals surface area contributed by atoms with Gasteiger partial charge >= 0.3 is 0 Å². The van der Waals surface area contributed by atoms with Crippen LogP contribution in [0.3, 0.4) is 0 Å². The van der Waals surface area contributed by atoms with Gasteiger partial charge in [0.15, 0.2) is 0 Å². The van der Waals surface area contributed by atoms with Gasteiger partial charge in [-0.25, -0.2) is 4.98 Å². The van der Waals surface area contributed by atoms with Crippen molar-refractivity contribution in [1.82, 2.24) is 4.98 Å². The fourth-order valence-corrected chi connectivity index (χ4v) is 1.86. The van der Waals surface area contributed by atoms with E-state index in [1.54, 1.807) is 18.3 Å². The summed E-state index contributed by atoms with van der Waals surface area (Å²) in [6.07, 6.45) is 1.57. The number of non-ortho nitro benzene ring substituents is 1. The number of para-hydroxylation sites is 1. The smallest absolute Gasteiger partial charge is 0.295 e. The van der Waals surface area contributed by atoms with Gasteiger partial charge in [-0.2, -0.15) is 0 Å². The molecule has 2 rings (SSSR count). The Labute approximate surface area is 110 Å². The van der Waals surface area contributed by atoms with E-state index >= 15 is 0 Å². The van der Waals surface area contributed by atoms with Gasteiger partial charge in [0.1, 0.15) is 5.52 Å². The van der Waals surface area contributed by atoms with E-state index < -0.39 is 4.92 Å². The molecule has 1 N–H and O–H groups in total. The fourth-order valence-electron chi connectivity index (χ4n) is 1.86. The van der Waals surface area contributed by atoms with Crippen molar-refractivity contribution in [2.45, 2.75) is 6.92 Å². The quantitative estimate of drug-likeness (QED) is 0.491. The van der Waals surface area contributed by atoms with Crippen LogP contribution in [0.4, 0.5) is 11.4 Å². The molecule has 0 radical (unpaired) electrons. The molecule has 0 saturated heterocycles. The second-order valence-electron chi connectivity index (χ2n) is 3.91. The van der Waals surface area contributed by atoms with Crippen molar-refractivity contribution in [1.29, 1.82) is 0 Å². The number of aromatic nitrogens is 1. The van der Waals surface area contributed by atoms with Crippen LogP contribution in [0.5, 0.6) is 0 Å². The highest BCUT2D eigenvalue weighted by atomic mass is 16.6. The van der Waals surface area contributed by atoms with Crippen LogP contribution in [0.1, 0.15) is 6.92 Å². The van der Waals surface area contributed by atoms with Crippen LogP contribution in [0.15, 0.2) is 30.5 Å². The Kier molecular flexibility index (Phi) is 4.25. The molecule has 1 heterocycles. The molecule has 0 atom stereocenters. The molecule has 6 nitrogen and oxygen atoms in total. The van der Waals surface area contributed by atoms with Gasteiger partial charge in [0.25, 0.3) is 5.69 Å². The molecule has 1 aromatic heterocycles. The number of nitrogens with one attached hydrogen (secondary N) is 1. The minimum absolute atomic E-state index is 0.0194. The Bertz CT molecular complexity index is 586. The van der Waals surface area contributed by atoms with Crippen molar-refractivity contribution in [3.8, 4) is 0 Å². The molecule has 0 aliphatic carbocycles. The van der Waals surface area contributed by atoms with E-state index in [1.165, 1.54) is 6.07 Å². The van der Waals surface area contributed by atoms with Gasteiger partial charge in [0, 0.05) is 36.5 Å². The van der Waals surface area contributed by atoms with Crippen LogP contribution in [0, 0.1) is 10.1 Å². The third-order valence-corrected chi connectivity index (χ3v) is 2.71. The maximum Gasteiger partial charge on any atom is 0.295 e. The number of nitro groups is 1. The number of hydrogen-bond acceptors (Lipinski definition) is 5. The Hall–Kier alpha value is -2.21. The highest BCUT2D eigenvalue weighted by molar-refractivity contribution is 5.96. The predicted molar refractivity (Wildman–Crippen MR) is 73.4 cm³/mol. The average Bonchev–Trinajstić information content (AvgIpc) is 2.43. The van der Waals surface area contributed by atoms with E-state index in [0.29, 0.717) is 25.3 Å². The van der Waals surface area contributed by atoms with Crippen LogP contribution >= 0.6 is 0 Å². The molecule has 0 fully saturated rings. The van der Waals surface area contributed by atoms with Crippen molar-refractivity contribution in [3.63, 3.8) is 0 Å². The summed E-state index contributed by atoms with van der Waals surface area (Å²) in [6.45, 7) is 3.85. The molecule has 0 amide bonds. The molecular weight excluding hydrogens is 246 g/mol. The summed E-state index contributed by atoms with van der Waals surface area (Å²) in [5, 5.41) is 14.9. The van der Waals surface area contributed by atoms with Crippen LogP contribution in [-0.4, -0.2) is 29.7 Å². The Morgan fingerprint density at radius 3 is 3.00 bits per heavy atom. The van der Waals surface area contributed by atoms with Crippen molar-refractivity contribution < 1.29 is 9.66 Å². The van der Waals surface area contributed by atoms with E-state index in [9.17, 15) is 10.1 Å². The van der Waals surface area contributed by atoms with E-state index in [4.69, 9.17) is 4.74 Å². The van der Waals surface area contributed by atoms with E-state index in [-0.39, 0.29) is 5.69 Å². The molecule has 100 valence electrons. The monoisotopic (exact) mass is 261 g/mol. The molecule has 6 heteroatoms. The summed E-state index contributed by atoms with van der Waals surface area (Å²) in [7, 11) is 0. The second-order valence-corrected chi connectivity index (χ2v) is 3.91. The standard InChI is InChI=1S/C13H15N3O3/c1-2-19-9-8-14-11-6-7-15-13-10(11)4-3-5-12(13)16(17)18/h3-7H,2,8-9H2,1H3,(H,14,15). The highest BCUT2D eigenvalue weighted by Gasteiger charge is 2.13. The molecule has 1 aromatic carbocycles. The summed E-state index contributed by atoms with van der Waals surface area (Å²) in [5.74, 6) is 0. The lowest BCUT2D eigenvalue weighted by atomic mass is 10.1. The largest absolute Gasteiger partial charge is 0.382 e. The van der Waals surface area contributed by atoms with Gasteiger partial charge in [-0.15, -0.1) is 0 Å². The molecule has 0 spiro atoms. The summed E-state index contributed by atoms with van der Waals surface area (Å²) in [6, 6.07) is 6.74. The minimum atomic E-state index is -0.417. The molecule has 0 unspecified atom stereocenters. The van der Waals surface area contributed by atoms with Gasteiger partial charge < -0.3 is 10.1 Å². The number of anilines is 1. The minimum Gasteiger partial charge on any atom is -0.382 e. The first-order valence-corrected chi connectivity index (χ1v) is 6.07. The molecule has 0 bridgehead atoms. The number of nitro benzene ring substituents is 1. The molecule has 2 aromatic rings. The summed E-state index contributed by atoms with van der Waals surface area (Å²) < 4.78 is 5.24. The first-order valence-electron chi connectivity index (χ1n) is 6.07. The van der Waals surface area contributed by atoms with Crippen LogP contribution in [0.2, 0.25) is 0 Å². The molecule has 0 aliphatic rings. The number of pyridine rings is 1. The third kappa shape index (κ3) is 2.97. The van der Waals surface area contributed by atoms with Gasteiger partial charge in [-0.3, -0.25) is 10.1 Å². The number of hydrogen-bond donors (Lipinski definition) is 1. The predicted octanol–water partition coefficient (Wildman–Crippen LogP) is 2.59. The van der Waals surface area contributed by atoms with Crippen LogP contribution < -0.4 is 5.32 Å². The maximum absolute atomic E-state index is 11.0. The topological polar surface area (TPSA) is 77.3 Å². The highest BCUT2D eigenvalue weighted by Crippen LogP contribution is 2.28. The average molecular weight is 261 g/mol. The van der Waals surface area contributed by atoms with Crippen LogP contribution in [0.25, 0.3) is 10.9 Å². The molecular formula is C13H15N3O3. The number of rotatable bonds is 6. The van der Waals surface area contributed by atoms with Crippen molar-refractivity contribution >= 4 is 22.3 Å². The van der Waals surface area contributed by atoms with E-state index in [2.05, 4.69) is 10.3 Å². The van der Waals surface area contributed by atoms with Gasteiger partial charge in [0.2, 0.25) is 0 Å². The lowest BCUT2D eigenvalue weighted by Crippen LogP contribution is -2.09. The normalized spacial score (nSPS) is 10.6. The van der Waals surface area contributed by atoms with Crippen molar-refractivity contribution in [2.75, 3.05) is 25.1 Å². The zero-order chi connectivity index (χ0) is 13.7. The summed E-state index contributed by atoms with van der Waals surface area (Å²) in [5.41, 5.74) is 1.24. The lowest BCUT2D eigenvalue weighted by Gasteiger charge is -2.09. The van der Waals surface area contributed by atoms with Crippen molar-refractivity contribution in [2.24, 2.45) is 0 Å². The number of ether oxygens (including phenoxy) is 1. The summed E-state index contributed by atoms with van der Waals surface area (Å²) in [4.78, 5) is 14.6. The SMILES string of the molecule is CCOCCNc1ccnc2c([N+](=O)[O-])cccc12. The van der Waals surface area contributed by atoms with Gasteiger partial charge in [-0.05, 0) is 13.0 Å². The Morgan fingerprint density at radius 1 is 1.42 bits per heavy atom. The first kappa shape index (κ1) is 13.2. The zero-order valence-electron chi connectivity index (χ0n) is 10.6. The first-order chi connectivity index (χ1) is 9.24. The maximum atomic E-state index is 11.0. The molecule has 0 aliphatic heterocycles. The Morgan fingerprint density at radius 2 is 2.26 bits per heavy atom. The fraction of sp³-hybridized carbons (Fsp3) is 0.308. The number of benzene rings is 1. The van der Waals surface area contributed by atoms with Crippen LogP contribution in [-0.2, 0) is 4.74 Å². The number of fused-ring (bicyclic) bond motifs is 1. The van der Waals surface area contributed by atoms with E-state index in [1.807, 2.05) is 13.0 Å².